The third kappa shape index (κ3) is 9.96. The molecule has 0 unspecified atom stereocenters. The van der Waals surface area contributed by atoms with Crippen molar-refractivity contribution >= 4 is 23.7 Å². The molecule has 0 aliphatic heterocycles. The number of halogens is 5. The van der Waals surface area contributed by atoms with Crippen LogP contribution in [0.25, 0.3) is 11.1 Å². The molecule has 0 spiro atoms. The van der Waals surface area contributed by atoms with Crippen LogP contribution in [0.1, 0.15) is 37.6 Å². The van der Waals surface area contributed by atoms with Crippen molar-refractivity contribution in [3.05, 3.63) is 59.7 Å². The van der Waals surface area contributed by atoms with Gasteiger partial charge in [-0.3, -0.25) is 14.4 Å². The molecule has 1 atom stereocenters. The second-order valence-electron chi connectivity index (χ2n) is 9.28. The van der Waals surface area contributed by atoms with Crippen molar-refractivity contribution in [3.8, 4) is 11.1 Å². The molecule has 0 radical (unpaired) electrons. The second-order valence-corrected chi connectivity index (χ2v) is 9.28. The summed E-state index contributed by atoms with van der Waals surface area (Å²) in [6.45, 7) is 4.36. The number of alkyl halides is 3. The Balaban J connectivity index is 1.99. The van der Waals surface area contributed by atoms with Crippen LogP contribution < -0.4 is 21.4 Å². The predicted molar refractivity (Wildman–Crippen MR) is 129 cm³/mol. The van der Waals surface area contributed by atoms with E-state index in [9.17, 15) is 41.1 Å². The largest absolute Gasteiger partial charge is 0.492 e. The van der Waals surface area contributed by atoms with Crippen LogP contribution in [0.2, 0.25) is 0 Å². The normalized spacial score (nSPS) is 12.3. The van der Waals surface area contributed by atoms with Crippen LogP contribution in [0, 0.1) is 11.6 Å². The molecule has 0 aromatic heterocycles. The average molecular weight is 559 g/mol. The molecule has 2 aromatic carbocycles. The lowest BCUT2D eigenvalue weighted by Crippen LogP contribution is -2.51. The van der Waals surface area contributed by atoms with Gasteiger partial charge in [0.2, 0.25) is 11.8 Å². The number of benzene rings is 2. The molecule has 0 aliphatic carbocycles. The van der Waals surface area contributed by atoms with E-state index in [0.717, 1.165) is 12.1 Å². The van der Waals surface area contributed by atoms with Crippen LogP contribution in [-0.4, -0.2) is 54.5 Å². The van der Waals surface area contributed by atoms with Gasteiger partial charge in [0.1, 0.15) is 17.7 Å². The van der Waals surface area contributed by atoms with E-state index < -0.39 is 59.5 Å². The summed E-state index contributed by atoms with van der Waals surface area (Å²) in [7, 11) is 0. The van der Waals surface area contributed by atoms with Crippen LogP contribution >= 0.6 is 0 Å². The van der Waals surface area contributed by atoms with Gasteiger partial charge in [0, 0.05) is 24.2 Å². The zero-order chi connectivity index (χ0) is 29.4. The Kier molecular flexibility index (Phi) is 10.5. The molecule has 4 N–H and O–H groups in total. The smallest absolute Gasteiger partial charge is 0.363 e. The fourth-order valence-corrected chi connectivity index (χ4v) is 3.17. The predicted octanol–water partition coefficient (Wildman–Crippen LogP) is 2.76. The summed E-state index contributed by atoms with van der Waals surface area (Å²) in [4.78, 5) is 52.0. The fourth-order valence-electron chi connectivity index (χ4n) is 3.17. The zero-order valence-corrected chi connectivity index (χ0v) is 21.2. The maximum Gasteiger partial charge on any atom is 0.492 e. The fraction of sp³-hybridized carbons (Fsp3) is 0.360. The molecule has 212 valence electrons. The summed E-state index contributed by atoms with van der Waals surface area (Å²) in [6, 6.07) is 7.47. The van der Waals surface area contributed by atoms with Crippen molar-refractivity contribution in [2.45, 2.75) is 44.9 Å². The van der Waals surface area contributed by atoms with Crippen LogP contribution in [0.5, 0.6) is 0 Å². The minimum atomic E-state index is -5.34. The van der Waals surface area contributed by atoms with Crippen LogP contribution in [0.3, 0.4) is 0 Å². The van der Waals surface area contributed by atoms with Gasteiger partial charge in [0.05, 0.1) is 12.0 Å². The van der Waals surface area contributed by atoms with Crippen molar-refractivity contribution in [3.63, 3.8) is 0 Å². The van der Waals surface area contributed by atoms with Crippen LogP contribution in [-0.2, 0) is 19.2 Å². The number of carbonyl (C=O) groups is 4. The number of hydrogen-bond acceptors (Lipinski definition) is 6. The number of nitrogens with one attached hydrogen (secondary N) is 4. The minimum Gasteiger partial charge on any atom is -0.363 e. The molecule has 0 aliphatic rings. The van der Waals surface area contributed by atoms with E-state index >= 15 is 0 Å². The zero-order valence-electron chi connectivity index (χ0n) is 21.2. The van der Waals surface area contributed by atoms with E-state index in [1.807, 2.05) is 0 Å². The third-order valence-corrected chi connectivity index (χ3v) is 4.85. The quantitative estimate of drug-likeness (QED) is 0.202. The van der Waals surface area contributed by atoms with E-state index in [0.29, 0.717) is 0 Å². The monoisotopic (exact) mass is 558 g/mol. The number of carbonyl (C=O) groups excluding carboxylic acids is 4. The molecule has 9 nitrogen and oxygen atoms in total. The van der Waals surface area contributed by atoms with Gasteiger partial charge in [-0.25, -0.2) is 13.6 Å². The van der Waals surface area contributed by atoms with Gasteiger partial charge in [-0.15, -0.1) is 5.48 Å². The lowest BCUT2D eigenvalue weighted by molar-refractivity contribution is -0.208. The highest BCUT2D eigenvalue weighted by molar-refractivity contribution is 5.96. The van der Waals surface area contributed by atoms with Crippen molar-refractivity contribution in [2.24, 2.45) is 0 Å². The molecule has 0 fully saturated rings. The van der Waals surface area contributed by atoms with Crippen molar-refractivity contribution in [1.82, 2.24) is 21.4 Å². The minimum absolute atomic E-state index is 0.152. The lowest BCUT2D eigenvalue weighted by Gasteiger charge is -2.23. The van der Waals surface area contributed by atoms with E-state index in [-0.39, 0.29) is 29.8 Å². The molecule has 0 saturated carbocycles. The Morgan fingerprint density at radius 2 is 1.54 bits per heavy atom. The Morgan fingerprint density at radius 3 is 2.15 bits per heavy atom. The molecular formula is C25H27F5N4O5. The lowest BCUT2D eigenvalue weighted by atomic mass is 10.0. The molecule has 2 aromatic rings. The molecule has 39 heavy (non-hydrogen) atoms. The number of rotatable bonds is 10. The Hall–Kier alpha value is -4.07. The van der Waals surface area contributed by atoms with Gasteiger partial charge in [-0.05, 0) is 44.5 Å². The van der Waals surface area contributed by atoms with Crippen molar-refractivity contribution in [2.75, 3.05) is 13.1 Å². The molecule has 14 heteroatoms. The van der Waals surface area contributed by atoms with E-state index in [4.69, 9.17) is 0 Å². The molecular weight excluding hydrogens is 531 g/mol. The summed E-state index contributed by atoms with van der Waals surface area (Å²) in [5.74, 6) is -6.69. The standard InChI is InChI=1S/C25H27F5N4O5/c1-24(2,3)33-20(35)13-19(34-39-23(38)25(28,29)30)22(37)32-11-10-31-21(36)16-12-14(8-9-18(16)27)15-6-4-5-7-17(15)26/h4-9,12,19,34H,10-11,13H2,1-3H3,(H,31,36)(H,32,37)(H,33,35)/t19-/m0/s1. The van der Waals surface area contributed by atoms with Crippen molar-refractivity contribution in [1.29, 1.82) is 0 Å². The molecule has 0 heterocycles. The summed E-state index contributed by atoms with van der Waals surface area (Å²) < 4.78 is 65.6. The maximum absolute atomic E-state index is 14.3. The van der Waals surface area contributed by atoms with Gasteiger partial charge >= 0.3 is 12.1 Å². The molecule has 3 amide bonds. The summed E-state index contributed by atoms with van der Waals surface area (Å²) in [5, 5.41) is 7.13. The van der Waals surface area contributed by atoms with Gasteiger partial charge < -0.3 is 20.8 Å². The topological polar surface area (TPSA) is 126 Å². The number of hydroxylamine groups is 1. The van der Waals surface area contributed by atoms with Crippen LogP contribution in [0.4, 0.5) is 22.0 Å². The van der Waals surface area contributed by atoms with Gasteiger partial charge in [0.15, 0.2) is 0 Å². The molecule has 0 saturated heterocycles. The highest BCUT2D eigenvalue weighted by atomic mass is 19.4. The average Bonchev–Trinajstić information content (AvgIpc) is 2.83. The summed E-state index contributed by atoms with van der Waals surface area (Å²) in [5.41, 5.74) is 0.940. The highest BCUT2D eigenvalue weighted by Crippen LogP contribution is 2.24. The Morgan fingerprint density at radius 1 is 0.897 bits per heavy atom. The first-order valence-corrected chi connectivity index (χ1v) is 11.5. The third-order valence-electron chi connectivity index (χ3n) is 4.85. The SMILES string of the molecule is CC(C)(C)NC(=O)C[C@H](NOC(=O)C(F)(F)F)C(=O)NCCNC(=O)c1cc(-c2ccccc2F)ccc1F. The van der Waals surface area contributed by atoms with Gasteiger partial charge in [-0.1, -0.05) is 24.3 Å². The molecule has 2 rings (SSSR count). The van der Waals surface area contributed by atoms with Gasteiger partial charge in [-0.2, -0.15) is 13.2 Å². The van der Waals surface area contributed by atoms with Crippen molar-refractivity contribution < 1.29 is 46.0 Å². The second kappa shape index (κ2) is 13.1. The highest BCUT2D eigenvalue weighted by Gasteiger charge is 2.42. The number of hydrogen-bond donors (Lipinski definition) is 4. The van der Waals surface area contributed by atoms with Gasteiger partial charge in [0.25, 0.3) is 5.91 Å². The molecule has 0 bridgehead atoms. The maximum atomic E-state index is 14.3. The summed E-state index contributed by atoms with van der Waals surface area (Å²) >= 11 is 0. The van der Waals surface area contributed by atoms with E-state index in [1.54, 1.807) is 32.3 Å². The van der Waals surface area contributed by atoms with Crippen LogP contribution in [0.15, 0.2) is 42.5 Å². The Labute approximate surface area is 220 Å². The number of amides is 3. The van der Waals surface area contributed by atoms with E-state index in [2.05, 4.69) is 20.8 Å². The summed E-state index contributed by atoms with van der Waals surface area (Å²) in [6.07, 6.45) is -6.03. The Bertz CT molecular complexity index is 1210. The van der Waals surface area contributed by atoms with E-state index in [1.165, 1.54) is 24.3 Å². The first-order valence-electron chi connectivity index (χ1n) is 11.5. The first kappa shape index (κ1) is 31.1. The first-order chi connectivity index (χ1) is 18.1.